The molecule has 0 atom stereocenters. The lowest BCUT2D eigenvalue weighted by Gasteiger charge is -2.19. The molecule has 4 nitrogen and oxygen atoms in total. The van der Waals surface area contributed by atoms with Crippen LogP contribution >= 0.6 is 23.2 Å². The molecule has 1 aromatic carbocycles. The van der Waals surface area contributed by atoms with Crippen LogP contribution in [0.25, 0.3) is 0 Å². The smallest absolute Gasteiger partial charge is 0.242 e. The lowest BCUT2D eigenvalue weighted by atomic mass is 10.2. The standard InChI is InChI=1S/C14H20Cl2N2O2S/c15-12-5-6-13(16)14(11-12)21(19,20)17-7-10-18-8-3-1-2-4-9-18/h5-6,11,17H,1-4,7-10H2. The molecule has 2 rings (SSSR count). The Hall–Kier alpha value is -0.330. The van der Waals surface area contributed by atoms with Crippen LogP contribution < -0.4 is 4.72 Å². The van der Waals surface area contributed by atoms with E-state index in [-0.39, 0.29) is 9.92 Å². The Morgan fingerprint density at radius 1 is 1.10 bits per heavy atom. The molecule has 0 aliphatic carbocycles. The van der Waals surface area contributed by atoms with E-state index in [1.807, 2.05) is 0 Å². The fourth-order valence-electron chi connectivity index (χ4n) is 2.46. The number of nitrogens with one attached hydrogen (secondary N) is 1. The summed E-state index contributed by atoms with van der Waals surface area (Å²) in [6.45, 7) is 3.18. The van der Waals surface area contributed by atoms with Gasteiger partial charge in [-0.3, -0.25) is 0 Å². The normalized spacial score (nSPS) is 17.6. The predicted molar refractivity (Wildman–Crippen MR) is 86.6 cm³/mol. The zero-order valence-electron chi connectivity index (χ0n) is 11.8. The quantitative estimate of drug-likeness (QED) is 0.887. The van der Waals surface area contributed by atoms with Gasteiger partial charge in [0, 0.05) is 18.1 Å². The summed E-state index contributed by atoms with van der Waals surface area (Å²) in [5.41, 5.74) is 0. The van der Waals surface area contributed by atoms with Gasteiger partial charge in [0.1, 0.15) is 4.90 Å². The third kappa shape index (κ3) is 5.11. The van der Waals surface area contributed by atoms with Gasteiger partial charge in [0.05, 0.1) is 5.02 Å². The molecule has 1 saturated heterocycles. The van der Waals surface area contributed by atoms with Gasteiger partial charge in [0.2, 0.25) is 10.0 Å². The van der Waals surface area contributed by atoms with E-state index in [9.17, 15) is 8.42 Å². The molecule has 0 saturated carbocycles. The van der Waals surface area contributed by atoms with Crippen LogP contribution in [-0.2, 0) is 10.0 Å². The topological polar surface area (TPSA) is 49.4 Å². The molecule has 1 aliphatic rings. The fourth-order valence-corrected chi connectivity index (χ4v) is 4.24. The van der Waals surface area contributed by atoms with E-state index in [0.29, 0.717) is 11.6 Å². The van der Waals surface area contributed by atoms with Crippen LogP contribution in [-0.4, -0.2) is 39.5 Å². The maximum atomic E-state index is 12.2. The molecule has 0 bridgehead atoms. The molecule has 1 aromatic rings. The van der Waals surface area contributed by atoms with Crippen molar-refractivity contribution in [3.63, 3.8) is 0 Å². The van der Waals surface area contributed by atoms with E-state index in [4.69, 9.17) is 23.2 Å². The molecule has 1 N–H and O–H groups in total. The summed E-state index contributed by atoms with van der Waals surface area (Å²) >= 11 is 11.8. The molecule has 0 amide bonds. The Balaban J connectivity index is 1.93. The number of hydrogen-bond donors (Lipinski definition) is 1. The molecule has 0 unspecified atom stereocenters. The number of rotatable bonds is 5. The second kappa shape index (κ2) is 7.79. The largest absolute Gasteiger partial charge is 0.302 e. The van der Waals surface area contributed by atoms with Gasteiger partial charge in [-0.25, -0.2) is 13.1 Å². The first kappa shape index (κ1) is 17.0. The third-order valence-electron chi connectivity index (χ3n) is 3.60. The SMILES string of the molecule is O=S(=O)(NCCN1CCCCCC1)c1cc(Cl)ccc1Cl. The second-order valence-electron chi connectivity index (χ2n) is 5.23. The fraction of sp³-hybridized carbons (Fsp3) is 0.571. The monoisotopic (exact) mass is 350 g/mol. The van der Waals surface area contributed by atoms with Gasteiger partial charge in [-0.2, -0.15) is 0 Å². The number of likely N-dealkylation sites (tertiary alicyclic amines) is 1. The lowest BCUT2D eigenvalue weighted by Crippen LogP contribution is -2.35. The molecule has 0 spiro atoms. The zero-order chi connectivity index (χ0) is 15.3. The number of benzene rings is 1. The van der Waals surface area contributed by atoms with Crippen LogP contribution in [0, 0.1) is 0 Å². The van der Waals surface area contributed by atoms with Crippen molar-refractivity contribution in [2.75, 3.05) is 26.2 Å². The van der Waals surface area contributed by atoms with Crippen molar-refractivity contribution >= 4 is 33.2 Å². The predicted octanol–water partition coefficient (Wildman–Crippen LogP) is 3.15. The van der Waals surface area contributed by atoms with Gasteiger partial charge in [-0.05, 0) is 44.1 Å². The molecule has 7 heteroatoms. The summed E-state index contributed by atoms with van der Waals surface area (Å²) in [6.07, 6.45) is 4.90. The summed E-state index contributed by atoms with van der Waals surface area (Å²) in [4.78, 5) is 2.34. The highest BCUT2D eigenvalue weighted by atomic mass is 35.5. The summed E-state index contributed by atoms with van der Waals surface area (Å²) in [6, 6.07) is 4.44. The Morgan fingerprint density at radius 3 is 2.43 bits per heavy atom. The second-order valence-corrected chi connectivity index (χ2v) is 7.81. The van der Waals surface area contributed by atoms with E-state index in [0.717, 1.165) is 19.6 Å². The number of nitrogens with zero attached hydrogens (tertiary/aromatic N) is 1. The van der Waals surface area contributed by atoms with E-state index in [2.05, 4.69) is 9.62 Å². The maximum absolute atomic E-state index is 12.2. The van der Waals surface area contributed by atoms with Gasteiger partial charge in [-0.15, -0.1) is 0 Å². The molecular formula is C14H20Cl2N2O2S. The zero-order valence-corrected chi connectivity index (χ0v) is 14.1. The maximum Gasteiger partial charge on any atom is 0.242 e. The van der Waals surface area contributed by atoms with Crippen LogP contribution in [0.2, 0.25) is 10.0 Å². The highest BCUT2D eigenvalue weighted by molar-refractivity contribution is 7.89. The molecule has 1 fully saturated rings. The Labute approximate surface area is 136 Å². The molecule has 118 valence electrons. The van der Waals surface area contributed by atoms with Gasteiger partial charge in [0.25, 0.3) is 0 Å². The van der Waals surface area contributed by atoms with E-state index < -0.39 is 10.0 Å². The van der Waals surface area contributed by atoms with Crippen molar-refractivity contribution in [3.05, 3.63) is 28.2 Å². The van der Waals surface area contributed by atoms with Crippen LogP contribution in [0.5, 0.6) is 0 Å². The van der Waals surface area contributed by atoms with E-state index in [1.165, 1.54) is 37.8 Å². The Morgan fingerprint density at radius 2 is 1.76 bits per heavy atom. The molecule has 0 aromatic heterocycles. The van der Waals surface area contributed by atoms with Crippen LogP contribution in [0.15, 0.2) is 23.1 Å². The minimum atomic E-state index is -3.62. The van der Waals surface area contributed by atoms with Crippen molar-refractivity contribution in [3.8, 4) is 0 Å². The summed E-state index contributed by atoms with van der Waals surface area (Å²) in [7, 11) is -3.62. The summed E-state index contributed by atoms with van der Waals surface area (Å²) in [5, 5.41) is 0.536. The van der Waals surface area contributed by atoms with Crippen LogP contribution in [0.3, 0.4) is 0 Å². The highest BCUT2D eigenvalue weighted by Crippen LogP contribution is 2.24. The first-order valence-electron chi connectivity index (χ1n) is 7.16. The number of hydrogen-bond acceptors (Lipinski definition) is 3. The van der Waals surface area contributed by atoms with Crippen molar-refractivity contribution in [1.29, 1.82) is 0 Å². The van der Waals surface area contributed by atoms with Crippen molar-refractivity contribution in [2.45, 2.75) is 30.6 Å². The minimum absolute atomic E-state index is 0.0348. The van der Waals surface area contributed by atoms with E-state index >= 15 is 0 Å². The average Bonchev–Trinajstić information content (AvgIpc) is 2.70. The molecule has 1 heterocycles. The van der Waals surface area contributed by atoms with Crippen molar-refractivity contribution < 1.29 is 8.42 Å². The van der Waals surface area contributed by atoms with Gasteiger partial charge < -0.3 is 4.90 Å². The minimum Gasteiger partial charge on any atom is -0.302 e. The van der Waals surface area contributed by atoms with Crippen molar-refractivity contribution in [2.24, 2.45) is 0 Å². The first-order chi connectivity index (χ1) is 9.99. The number of halogens is 2. The molecule has 21 heavy (non-hydrogen) atoms. The summed E-state index contributed by atoms with van der Waals surface area (Å²) < 4.78 is 27.1. The van der Waals surface area contributed by atoms with Crippen molar-refractivity contribution in [1.82, 2.24) is 9.62 Å². The lowest BCUT2D eigenvalue weighted by molar-refractivity contribution is 0.290. The van der Waals surface area contributed by atoms with Crippen LogP contribution in [0.1, 0.15) is 25.7 Å². The summed E-state index contributed by atoms with van der Waals surface area (Å²) in [5.74, 6) is 0. The molecule has 1 aliphatic heterocycles. The Kier molecular flexibility index (Phi) is 6.32. The van der Waals surface area contributed by atoms with Gasteiger partial charge in [0.15, 0.2) is 0 Å². The van der Waals surface area contributed by atoms with Gasteiger partial charge in [-0.1, -0.05) is 36.0 Å². The Bertz CT molecular complexity index is 570. The third-order valence-corrected chi connectivity index (χ3v) is 5.78. The van der Waals surface area contributed by atoms with E-state index in [1.54, 1.807) is 6.07 Å². The first-order valence-corrected chi connectivity index (χ1v) is 9.40. The molecular weight excluding hydrogens is 331 g/mol. The molecule has 0 radical (unpaired) electrons. The number of sulfonamides is 1. The highest BCUT2D eigenvalue weighted by Gasteiger charge is 2.18. The van der Waals surface area contributed by atoms with Gasteiger partial charge >= 0.3 is 0 Å². The van der Waals surface area contributed by atoms with Crippen LogP contribution in [0.4, 0.5) is 0 Å². The average molecular weight is 351 g/mol.